The summed E-state index contributed by atoms with van der Waals surface area (Å²) in [6.07, 6.45) is 6.10. The number of hydrogen-bond donors (Lipinski definition) is 2. The summed E-state index contributed by atoms with van der Waals surface area (Å²) >= 11 is 5.81. The second-order valence-electron chi connectivity index (χ2n) is 9.04. The number of carbonyl (C=O) groups excluding carboxylic acids is 1. The van der Waals surface area contributed by atoms with E-state index >= 15 is 0 Å². The predicted molar refractivity (Wildman–Crippen MR) is 148 cm³/mol. The van der Waals surface area contributed by atoms with Gasteiger partial charge >= 0.3 is 0 Å². The molecule has 5 rings (SSSR count). The van der Waals surface area contributed by atoms with E-state index in [-0.39, 0.29) is 5.02 Å². The van der Waals surface area contributed by atoms with Gasteiger partial charge in [-0.3, -0.25) is 14.6 Å². The molecule has 2 aliphatic heterocycles. The van der Waals surface area contributed by atoms with Gasteiger partial charge in [-0.1, -0.05) is 17.7 Å². The molecule has 0 aliphatic carbocycles. The first kappa shape index (κ1) is 27.7. The van der Waals surface area contributed by atoms with Crippen molar-refractivity contribution >= 4 is 46.0 Å². The quantitative estimate of drug-likeness (QED) is 0.340. The van der Waals surface area contributed by atoms with Crippen molar-refractivity contribution in [3.8, 4) is 5.75 Å². The summed E-state index contributed by atoms with van der Waals surface area (Å²) in [6, 6.07) is 8.65. The van der Waals surface area contributed by atoms with Crippen LogP contribution in [-0.2, 0) is 9.53 Å². The normalized spacial score (nSPS) is 19.6. The molecular formula is C27H32ClFN6O3. The van der Waals surface area contributed by atoms with Gasteiger partial charge in [0.2, 0.25) is 0 Å². The molecule has 1 aromatic heterocycles. The number of nitrogens with one attached hydrogen (secondary N) is 2. The van der Waals surface area contributed by atoms with Crippen molar-refractivity contribution in [2.24, 2.45) is 0 Å². The molecule has 0 radical (unpaired) electrons. The summed E-state index contributed by atoms with van der Waals surface area (Å²) in [6.45, 7) is 4.75. The molecule has 2 atom stereocenters. The number of ether oxygens (including phenoxy) is 2. The molecule has 3 aromatic rings. The summed E-state index contributed by atoms with van der Waals surface area (Å²) in [5, 5.41) is 7.05. The number of nitrogens with zero attached hydrogens (tertiary/aromatic N) is 4. The molecule has 2 N–H and O–H groups in total. The van der Waals surface area contributed by atoms with E-state index in [1.807, 2.05) is 18.2 Å². The molecule has 0 spiro atoms. The summed E-state index contributed by atoms with van der Waals surface area (Å²) in [4.78, 5) is 23.4. The number of fused-ring (bicyclic) bond motifs is 2. The minimum absolute atomic E-state index is 0.0472. The van der Waals surface area contributed by atoms with Crippen molar-refractivity contribution in [3.05, 3.63) is 59.7 Å². The molecule has 202 valence electrons. The third-order valence-electron chi connectivity index (χ3n) is 6.64. The number of aldehydes is 1. The minimum Gasteiger partial charge on any atom is -0.495 e. The van der Waals surface area contributed by atoms with E-state index in [0.29, 0.717) is 29.4 Å². The van der Waals surface area contributed by atoms with Crippen LogP contribution in [0.3, 0.4) is 0 Å². The zero-order chi connectivity index (χ0) is 27.1. The van der Waals surface area contributed by atoms with Crippen LogP contribution >= 0.6 is 11.6 Å². The number of aromatic nitrogens is 2. The third kappa shape index (κ3) is 6.57. The number of likely N-dealkylation sites (N-methyl/N-ethyl adjacent to an activating group) is 1. The average molecular weight is 543 g/mol. The monoisotopic (exact) mass is 542 g/mol. The fourth-order valence-electron chi connectivity index (χ4n) is 4.61. The van der Waals surface area contributed by atoms with E-state index in [9.17, 15) is 9.18 Å². The number of likely N-dealkylation sites (tertiary alicyclic amines) is 1. The van der Waals surface area contributed by atoms with Gasteiger partial charge in [-0.15, -0.1) is 0 Å². The second kappa shape index (κ2) is 13.0. The molecule has 38 heavy (non-hydrogen) atoms. The van der Waals surface area contributed by atoms with Crippen LogP contribution in [0.5, 0.6) is 5.75 Å². The number of benzene rings is 2. The lowest BCUT2D eigenvalue weighted by molar-refractivity contribution is -0.104. The van der Waals surface area contributed by atoms with E-state index in [2.05, 4.69) is 37.4 Å². The summed E-state index contributed by atoms with van der Waals surface area (Å²) in [7, 11) is 5.56. The Morgan fingerprint density at radius 1 is 1.26 bits per heavy atom. The van der Waals surface area contributed by atoms with Gasteiger partial charge in [-0.2, -0.15) is 0 Å². The Morgan fingerprint density at radius 2 is 2.11 bits per heavy atom. The molecule has 9 nitrogen and oxygen atoms in total. The molecule has 2 aliphatic rings. The Kier molecular flexibility index (Phi) is 9.46. The molecule has 2 aromatic carbocycles. The maximum atomic E-state index is 13.3. The van der Waals surface area contributed by atoms with Gasteiger partial charge in [0.25, 0.3) is 0 Å². The van der Waals surface area contributed by atoms with E-state index in [1.54, 1.807) is 26.3 Å². The molecule has 2 unspecified atom stereocenters. The second-order valence-corrected chi connectivity index (χ2v) is 9.44. The molecule has 0 saturated carbocycles. The highest BCUT2D eigenvalue weighted by Crippen LogP contribution is 2.33. The molecule has 11 heteroatoms. The highest BCUT2D eigenvalue weighted by molar-refractivity contribution is 6.31. The van der Waals surface area contributed by atoms with Crippen LogP contribution in [0.15, 0.2) is 48.8 Å². The zero-order valence-corrected chi connectivity index (χ0v) is 22.4. The highest BCUT2D eigenvalue weighted by atomic mass is 35.5. The average Bonchev–Trinajstić information content (AvgIpc) is 3.35. The van der Waals surface area contributed by atoms with Crippen molar-refractivity contribution in [1.29, 1.82) is 0 Å². The first-order valence-electron chi connectivity index (χ1n) is 12.3. The van der Waals surface area contributed by atoms with Gasteiger partial charge < -0.3 is 20.1 Å². The first-order chi connectivity index (χ1) is 18.4. The van der Waals surface area contributed by atoms with Crippen molar-refractivity contribution in [1.82, 2.24) is 19.8 Å². The van der Waals surface area contributed by atoms with Crippen LogP contribution in [0.1, 0.15) is 0 Å². The van der Waals surface area contributed by atoms with E-state index in [0.717, 1.165) is 55.7 Å². The number of rotatable bonds is 7. The number of allylic oxidation sites excluding steroid dienone is 1. The Hall–Kier alpha value is -3.31. The molecular weight excluding hydrogens is 511 g/mol. The fraction of sp³-hybridized carbons (Fsp3) is 0.370. The molecule has 3 heterocycles. The Labute approximate surface area is 226 Å². The standard InChI is InChI=1S/C16H14ClFN4O.C11H18N2O2/c1-19-14-6-10-13(7-15(14)23-2)20-8-21-16(10)22-9-3-4-12(18)11(17)5-9;1-12-5-7-15-11-9-13(8-10(11)12)4-2-3-6-14/h3-8,19H,1-2H3,(H,20,21,22);2-3,6,10-11H,4-5,7-9H2,1H3/b;3-2+. The SMILES string of the molecule is CN1CCOC2CN(C/C=C/C=O)CC21.CNc1cc2c(Nc3ccc(F)c(Cl)c3)ncnc2cc1OC. The topological polar surface area (TPSA) is 91.9 Å². The number of carbonyl (C=O) groups is 1. The van der Waals surface area contributed by atoms with E-state index in [1.165, 1.54) is 18.5 Å². The lowest BCUT2D eigenvalue weighted by Gasteiger charge is -2.33. The maximum Gasteiger partial charge on any atom is 0.144 e. The predicted octanol–water partition coefficient (Wildman–Crippen LogP) is 3.97. The van der Waals surface area contributed by atoms with Gasteiger partial charge in [0, 0.05) is 56.4 Å². The maximum absolute atomic E-state index is 13.3. The van der Waals surface area contributed by atoms with Gasteiger partial charge in [0.05, 0.1) is 36.0 Å². The summed E-state index contributed by atoms with van der Waals surface area (Å²) in [5.41, 5.74) is 2.18. The molecule has 2 saturated heterocycles. The van der Waals surface area contributed by atoms with Crippen molar-refractivity contribution in [2.45, 2.75) is 12.1 Å². The van der Waals surface area contributed by atoms with Crippen LogP contribution < -0.4 is 15.4 Å². The number of hydrogen-bond acceptors (Lipinski definition) is 9. The van der Waals surface area contributed by atoms with Gasteiger partial charge in [-0.05, 0) is 37.4 Å². The molecule has 0 amide bonds. The van der Waals surface area contributed by atoms with E-state index in [4.69, 9.17) is 21.1 Å². The Morgan fingerprint density at radius 3 is 2.82 bits per heavy atom. The number of anilines is 3. The Balaban J connectivity index is 0.000000194. The first-order valence-corrected chi connectivity index (χ1v) is 12.7. The summed E-state index contributed by atoms with van der Waals surface area (Å²) in [5.74, 6) is 0.818. The number of morpholine rings is 1. The van der Waals surface area contributed by atoms with Crippen molar-refractivity contribution in [3.63, 3.8) is 0 Å². The van der Waals surface area contributed by atoms with Gasteiger partial charge in [0.15, 0.2) is 0 Å². The Bertz CT molecular complexity index is 1290. The van der Waals surface area contributed by atoms with Gasteiger partial charge in [0.1, 0.15) is 30.0 Å². The van der Waals surface area contributed by atoms with Crippen LogP contribution in [0, 0.1) is 5.82 Å². The third-order valence-corrected chi connectivity index (χ3v) is 6.93. The van der Waals surface area contributed by atoms with Crippen LogP contribution in [0.4, 0.5) is 21.6 Å². The molecule has 2 fully saturated rings. The summed E-state index contributed by atoms with van der Waals surface area (Å²) < 4.78 is 24.3. The lowest BCUT2D eigenvalue weighted by Crippen LogP contribution is -2.48. The number of halogens is 2. The van der Waals surface area contributed by atoms with Crippen LogP contribution in [0.2, 0.25) is 5.02 Å². The highest BCUT2D eigenvalue weighted by Gasteiger charge is 2.37. The van der Waals surface area contributed by atoms with Crippen molar-refractivity contribution in [2.75, 3.05) is 64.6 Å². The fourth-order valence-corrected chi connectivity index (χ4v) is 4.79. The van der Waals surface area contributed by atoms with Crippen molar-refractivity contribution < 1.29 is 18.7 Å². The van der Waals surface area contributed by atoms with Crippen LogP contribution in [0.25, 0.3) is 10.9 Å². The number of methoxy groups -OCH3 is 1. The zero-order valence-electron chi connectivity index (χ0n) is 21.7. The van der Waals surface area contributed by atoms with Gasteiger partial charge in [-0.25, -0.2) is 14.4 Å². The lowest BCUT2D eigenvalue weighted by atomic mass is 10.1. The smallest absolute Gasteiger partial charge is 0.144 e. The minimum atomic E-state index is -0.466. The van der Waals surface area contributed by atoms with E-state index < -0.39 is 5.82 Å². The molecule has 0 bridgehead atoms. The largest absolute Gasteiger partial charge is 0.495 e. The van der Waals surface area contributed by atoms with Crippen LogP contribution in [-0.4, -0.2) is 92.2 Å².